The van der Waals surface area contributed by atoms with Gasteiger partial charge < -0.3 is 0 Å². The summed E-state index contributed by atoms with van der Waals surface area (Å²) in [6.07, 6.45) is 0. The van der Waals surface area contributed by atoms with Crippen molar-refractivity contribution < 1.29 is 0 Å². The molecule has 0 aliphatic carbocycles. The molecule has 0 unspecified atom stereocenters. The summed E-state index contributed by atoms with van der Waals surface area (Å²) in [5.74, 6) is 0. The lowest BCUT2D eigenvalue weighted by Crippen LogP contribution is -0.856. The molecule has 0 aromatic rings. The molecule has 0 bridgehead atoms. The minimum absolute atomic E-state index is 0. The maximum absolute atomic E-state index is 2.00. The average molecular weight is 190 g/mol. The molecule has 0 aliphatic rings. The largest absolute Gasteiger partial charge is 0.0776 e. The third-order valence-electron chi connectivity index (χ3n) is 0. The summed E-state index contributed by atoms with van der Waals surface area (Å²) < 4.78 is 0. The topological polar surface area (TPSA) is 0 Å². The maximum Gasteiger partial charge on any atom is -0.0683 e. The third-order valence-corrected chi connectivity index (χ3v) is 0. The van der Waals surface area contributed by atoms with Crippen LogP contribution in [0, 0.1) is 0 Å². The summed E-state index contributed by atoms with van der Waals surface area (Å²) in [5.41, 5.74) is 0. The smallest absolute Gasteiger partial charge is 0.0683 e. The highest BCUT2D eigenvalue weighted by atomic mass is 13.0. The van der Waals surface area contributed by atoms with Crippen LogP contribution in [0.4, 0.5) is 0 Å². The second-order valence-electron chi connectivity index (χ2n) is 0. The lowest BCUT2D eigenvalue weighted by Gasteiger charge is -1.07. The van der Waals surface area contributed by atoms with Crippen LogP contribution in [0.15, 0.2) is 0 Å². The highest BCUT2D eigenvalue weighted by Gasteiger charge is 0.932. The summed E-state index contributed by atoms with van der Waals surface area (Å²) in [7, 11) is 0. The average Bonchev–Trinajstić information content (AvgIpc) is 1.00. The van der Waals surface area contributed by atoms with Gasteiger partial charge in [-0.3, -0.25) is 0 Å². The molecule has 94 valence electrons. The van der Waals surface area contributed by atoms with Crippen molar-refractivity contribution in [2.45, 2.75) is 88.1 Å². The zero-order valence-corrected chi connectivity index (χ0v) is 2.00. The van der Waals surface area contributed by atoms with Crippen LogP contribution < -0.4 is 0 Å². The lowest BCUT2D eigenvalue weighted by molar-refractivity contribution is 1.50. The summed E-state index contributed by atoms with van der Waals surface area (Å²) in [6.45, 7) is 4.00. The van der Waals surface area contributed by atoms with Crippen molar-refractivity contribution in [3.05, 3.63) is 0 Å². The molecule has 0 saturated heterocycles. The molecule has 0 rings (SSSR count). The fraction of sp³-hybridized carbons (Fsp3) is 1.00. The molecule has 0 radical (unpaired) electrons. The molecule has 0 atom stereocenters. The van der Waals surface area contributed by atoms with Crippen LogP contribution in [0.2, 0.25) is 0 Å². The van der Waals surface area contributed by atoms with Gasteiger partial charge in [0.25, 0.3) is 0 Å². The first-order valence-corrected chi connectivity index (χ1v) is 1.00. The maximum atomic E-state index is 2.00. The third kappa shape index (κ3) is 0. The van der Waals surface area contributed by atoms with Crippen LogP contribution >= 0.6 is 0 Å². The summed E-state index contributed by atoms with van der Waals surface area (Å²) >= 11 is 0. The van der Waals surface area contributed by atoms with Crippen LogP contribution in [-0.2, 0) is 0 Å². The first-order chi connectivity index (χ1) is 1.00. The first-order valence-electron chi connectivity index (χ1n) is 1.00. The Hall–Kier alpha value is 0. The van der Waals surface area contributed by atoms with E-state index in [4.69, 9.17) is 0 Å². The van der Waals surface area contributed by atoms with E-state index < -0.39 is 0 Å². The Bertz CT molecular complexity index is 0. The van der Waals surface area contributed by atoms with Gasteiger partial charge in [-0.25, -0.2) is 0 Å². The van der Waals surface area contributed by atoms with Crippen LogP contribution in [0.5, 0.6) is 0 Å². The highest BCUT2D eigenvalue weighted by Crippen LogP contribution is 1.14. The van der Waals surface area contributed by atoms with Gasteiger partial charge in [0.05, 0.1) is 0 Å². The summed E-state index contributed by atoms with van der Waals surface area (Å²) in [5, 5.41) is 0. The van der Waals surface area contributed by atoms with E-state index in [-0.39, 0.29) is 74.3 Å². The number of rotatable bonds is 0. The molecule has 0 heteroatoms. The fourth-order valence-electron chi connectivity index (χ4n) is 0. The molecule has 0 N–H and O–H groups in total. The first kappa shape index (κ1) is 1450. The summed E-state index contributed by atoms with van der Waals surface area (Å²) in [4.78, 5) is 0. The van der Waals surface area contributed by atoms with E-state index in [1.54, 1.807) is 0 Å². The van der Waals surface area contributed by atoms with Crippen molar-refractivity contribution >= 4 is 0 Å². The van der Waals surface area contributed by atoms with Gasteiger partial charge in [0.2, 0.25) is 0 Å². The second kappa shape index (κ2) is 0. The van der Waals surface area contributed by atoms with Gasteiger partial charge in [0.1, 0.15) is 0 Å². The van der Waals surface area contributed by atoms with Crippen molar-refractivity contribution in [3.8, 4) is 0 Å². The van der Waals surface area contributed by atoms with Gasteiger partial charge in [-0.05, 0) is 0 Å². The van der Waals surface area contributed by atoms with Gasteiger partial charge in [-0.1, -0.05) is 88.1 Å². The van der Waals surface area contributed by atoms with Gasteiger partial charge in [-0.15, -0.1) is 0 Å². The number of hydrogen-bond acceptors (Lipinski definition) is 0. The summed E-state index contributed by atoms with van der Waals surface area (Å²) in [6, 6.07) is 0. The molecule has 0 aromatic carbocycles. The van der Waals surface area contributed by atoms with Crippen molar-refractivity contribution in [2.75, 3.05) is 0 Å². The SMILES string of the molecule is C.C.C.C.C.C.C.C.C.C.CC. The molecular formula is C12H46. The number of hydrogen-bond donors (Lipinski definition) is 0. The van der Waals surface area contributed by atoms with Crippen molar-refractivity contribution in [1.29, 1.82) is 0 Å². The Morgan fingerprint density at radius 3 is 0.250 bits per heavy atom. The molecule has 0 aliphatic heterocycles. The molecule has 12 heavy (non-hydrogen) atoms. The Labute approximate surface area is 88.8 Å². The van der Waals surface area contributed by atoms with Gasteiger partial charge >= 0.3 is 0 Å². The van der Waals surface area contributed by atoms with E-state index in [2.05, 4.69) is 0 Å². The predicted molar refractivity (Wildman–Crippen MR) is 78.7 cm³/mol. The molecule has 0 aromatic heterocycles. The minimum atomic E-state index is 0. The van der Waals surface area contributed by atoms with E-state index in [9.17, 15) is 0 Å². The van der Waals surface area contributed by atoms with E-state index in [1.807, 2.05) is 13.8 Å². The van der Waals surface area contributed by atoms with Crippen molar-refractivity contribution in [2.24, 2.45) is 0 Å². The normalized spacial score (nSPS) is 0.500. The molecule has 0 heterocycles. The predicted octanol–water partition coefficient (Wildman–Crippen LogP) is 7.39. The molecule has 0 spiro atoms. The Morgan fingerprint density at radius 1 is 0.250 bits per heavy atom. The Balaban J connectivity index is -0.000000000111. The van der Waals surface area contributed by atoms with E-state index >= 15 is 0 Å². The molecular weight excluding hydrogens is 144 g/mol. The standard InChI is InChI=1S/C2H6.10CH4/c1-2;;;;;;;;;;/h1-2H3;10*1H4. The Kier molecular flexibility index (Phi) is 0. The van der Waals surface area contributed by atoms with Crippen LogP contribution in [-0.4, -0.2) is 0 Å². The van der Waals surface area contributed by atoms with Gasteiger partial charge in [0.15, 0.2) is 0 Å². The van der Waals surface area contributed by atoms with E-state index in [1.165, 1.54) is 0 Å². The fourth-order valence-corrected chi connectivity index (χ4v) is 0. The zero-order valence-electron chi connectivity index (χ0n) is 2.00. The Morgan fingerprint density at radius 2 is 0.250 bits per heavy atom. The van der Waals surface area contributed by atoms with Gasteiger partial charge in [-0.2, -0.15) is 0 Å². The van der Waals surface area contributed by atoms with Crippen LogP contribution in [0.1, 0.15) is 88.1 Å². The van der Waals surface area contributed by atoms with Crippen molar-refractivity contribution in [1.82, 2.24) is 0 Å². The second-order valence-corrected chi connectivity index (χ2v) is 0. The van der Waals surface area contributed by atoms with E-state index in [0.29, 0.717) is 0 Å². The monoisotopic (exact) mass is 190 g/mol. The van der Waals surface area contributed by atoms with Crippen LogP contribution in [0.25, 0.3) is 0 Å². The molecule has 0 amide bonds. The van der Waals surface area contributed by atoms with Gasteiger partial charge in [0, 0.05) is 0 Å². The molecule has 0 saturated carbocycles. The van der Waals surface area contributed by atoms with Crippen molar-refractivity contribution in [3.63, 3.8) is 0 Å². The highest BCUT2D eigenvalue weighted by molar-refractivity contribution is 3.50. The quantitative estimate of drug-likeness (QED) is 0.373. The van der Waals surface area contributed by atoms with Crippen LogP contribution in [0.3, 0.4) is 0 Å². The zero-order chi connectivity index (χ0) is 2.00. The molecule has 0 fully saturated rings. The lowest BCUT2D eigenvalue weighted by atomic mass is 11.0. The minimum Gasteiger partial charge on any atom is -0.0776 e. The molecule has 0 nitrogen and oxygen atoms in total. The van der Waals surface area contributed by atoms with E-state index in [0.717, 1.165) is 0 Å².